The third kappa shape index (κ3) is 1.99. The summed E-state index contributed by atoms with van der Waals surface area (Å²) in [6.45, 7) is 0. The van der Waals surface area contributed by atoms with Gasteiger partial charge in [0.25, 0.3) is 0 Å². The minimum absolute atomic E-state index is 0.279. The van der Waals surface area contributed by atoms with E-state index in [2.05, 4.69) is 4.98 Å². The summed E-state index contributed by atoms with van der Waals surface area (Å²) in [5.74, 6) is 0.784. The summed E-state index contributed by atoms with van der Waals surface area (Å²) in [6.07, 6.45) is 2.92. The van der Waals surface area contributed by atoms with E-state index in [1.165, 1.54) is 6.39 Å². The fourth-order valence-electron chi connectivity index (χ4n) is 1.38. The molecule has 1 aromatic heterocycles. The molecule has 1 unspecified atom stereocenters. The zero-order chi connectivity index (χ0) is 10.7. The van der Waals surface area contributed by atoms with Crippen molar-refractivity contribution in [1.82, 2.24) is 4.98 Å². The van der Waals surface area contributed by atoms with Gasteiger partial charge in [-0.1, -0.05) is 12.1 Å². The molecular weight excluding hydrogens is 192 g/mol. The highest BCUT2D eigenvalue weighted by Crippen LogP contribution is 2.21. The first-order valence-electron chi connectivity index (χ1n) is 4.59. The van der Waals surface area contributed by atoms with Crippen molar-refractivity contribution in [2.24, 2.45) is 5.73 Å². The summed E-state index contributed by atoms with van der Waals surface area (Å²) < 4.78 is 10.0. The monoisotopic (exact) mass is 204 g/mol. The summed E-state index contributed by atoms with van der Waals surface area (Å²) in [5.41, 5.74) is 7.67. The molecule has 2 N–H and O–H groups in total. The van der Waals surface area contributed by atoms with Crippen LogP contribution in [0.4, 0.5) is 0 Å². The predicted molar refractivity (Wildman–Crippen MR) is 55.5 cm³/mol. The summed E-state index contributed by atoms with van der Waals surface area (Å²) in [5, 5.41) is 0. The number of oxazole rings is 1. The van der Waals surface area contributed by atoms with Gasteiger partial charge in [-0.25, -0.2) is 4.98 Å². The van der Waals surface area contributed by atoms with E-state index >= 15 is 0 Å². The molecule has 15 heavy (non-hydrogen) atoms. The van der Waals surface area contributed by atoms with Crippen molar-refractivity contribution in [2.45, 2.75) is 6.04 Å². The largest absolute Gasteiger partial charge is 0.497 e. The van der Waals surface area contributed by atoms with Crippen LogP contribution < -0.4 is 10.5 Å². The molecule has 2 rings (SSSR count). The number of benzene rings is 1. The second-order valence-corrected chi connectivity index (χ2v) is 3.17. The number of hydrogen-bond donors (Lipinski definition) is 1. The van der Waals surface area contributed by atoms with Gasteiger partial charge in [0.1, 0.15) is 17.7 Å². The highest BCUT2D eigenvalue weighted by atomic mass is 16.5. The summed E-state index contributed by atoms with van der Waals surface area (Å²) in [7, 11) is 1.63. The molecule has 0 aliphatic heterocycles. The molecule has 0 amide bonds. The van der Waals surface area contributed by atoms with Gasteiger partial charge in [-0.05, 0) is 17.7 Å². The Balaban J connectivity index is 2.29. The molecule has 0 aliphatic rings. The maximum Gasteiger partial charge on any atom is 0.180 e. The highest BCUT2D eigenvalue weighted by molar-refractivity contribution is 5.33. The number of nitrogens with two attached hydrogens (primary N) is 1. The van der Waals surface area contributed by atoms with Crippen LogP contribution in [0.15, 0.2) is 41.3 Å². The van der Waals surface area contributed by atoms with Crippen LogP contribution in [0.25, 0.3) is 0 Å². The summed E-state index contributed by atoms with van der Waals surface area (Å²) >= 11 is 0. The molecule has 4 heteroatoms. The van der Waals surface area contributed by atoms with Gasteiger partial charge in [0.15, 0.2) is 6.39 Å². The van der Waals surface area contributed by atoms with Crippen molar-refractivity contribution < 1.29 is 9.15 Å². The molecule has 0 spiro atoms. The van der Waals surface area contributed by atoms with Gasteiger partial charge in [0.2, 0.25) is 0 Å². The molecule has 0 saturated carbocycles. The van der Waals surface area contributed by atoms with Crippen molar-refractivity contribution in [3.05, 3.63) is 48.2 Å². The second kappa shape index (κ2) is 4.14. The van der Waals surface area contributed by atoms with Crippen LogP contribution in [0.3, 0.4) is 0 Å². The first kappa shape index (κ1) is 9.73. The Morgan fingerprint density at radius 3 is 3.00 bits per heavy atom. The maximum absolute atomic E-state index is 6.01. The molecule has 2 aromatic rings. The molecule has 78 valence electrons. The van der Waals surface area contributed by atoms with Gasteiger partial charge in [-0.2, -0.15) is 0 Å². The lowest BCUT2D eigenvalue weighted by molar-refractivity contribution is 0.414. The number of rotatable bonds is 3. The minimum Gasteiger partial charge on any atom is -0.497 e. The van der Waals surface area contributed by atoms with Crippen molar-refractivity contribution in [2.75, 3.05) is 7.11 Å². The molecule has 0 radical (unpaired) electrons. The summed E-state index contributed by atoms with van der Waals surface area (Å²) in [6, 6.07) is 7.31. The fourth-order valence-corrected chi connectivity index (χ4v) is 1.38. The van der Waals surface area contributed by atoms with E-state index < -0.39 is 0 Å². The Hall–Kier alpha value is -1.81. The van der Waals surface area contributed by atoms with E-state index in [1.54, 1.807) is 13.4 Å². The second-order valence-electron chi connectivity index (χ2n) is 3.17. The molecular formula is C11H12N2O2. The third-order valence-electron chi connectivity index (χ3n) is 2.22. The molecule has 0 aliphatic carbocycles. The van der Waals surface area contributed by atoms with Gasteiger partial charge in [0, 0.05) is 0 Å². The van der Waals surface area contributed by atoms with Crippen molar-refractivity contribution >= 4 is 0 Å². The standard InChI is InChI=1S/C11H12N2O2/c1-14-9-4-2-3-8(5-9)11(12)10-6-15-7-13-10/h2-7,11H,12H2,1H3. The SMILES string of the molecule is COc1cccc(C(N)c2cocn2)c1. The van der Waals surface area contributed by atoms with E-state index in [0.717, 1.165) is 11.3 Å². The molecule has 0 saturated heterocycles. The number of methoxy groups -OCH3 is 1. The van der Waals surface area contributed by atoms with Crippen LogP contribution in [0, 0.1) is 0 Å². The quantitative estimate of drug-likeness (QED) is 0.827. The smallest absolute Gasteiger partial charge is 0.180 e. The van der Waals surface area contributed by atoms with E-state index in [-0.39, 0.29) is 6.04 Å². The minimum atomic E-state index is -0.279. The third-order valence-corrected chi connectivity index (χ3v) is 2.22. The first-order valence-corrected chi connectivity index (χ1v) is 4.59. The van der Waals surface area contributed by atoms with Crippen LogP contribution in [-0.2, 0) is 0 Å². The van der Waals surface area contributed by atoms with Gasteiger partial charge >= 0.3 is 0 Å². The average molecular weight is 204 g/mol. The Bertz CT molecular complexity index is 426. The lowest BCUT2D eigenvalue weighted by Gasteiger charge is -2.09. The van der Waals surface area contributed by atoms with Crippen molar-refractivity contribution in [1.29, 1.82) is 0 Å². The number of ether oxygens (including phenoxy) is 1. The van der Waals surface area contributed by atoms with Gasteiger partial charge < -0.3 is 14.9 Å². The first-order chi connectivity index (χ1) is 7.31. The molecule has 0 fully saturated rings. The van der Waals surface area contributed by atoms with Crippen LogP contribution in [0.2, 0.25) is 0 Å². The number of aromatic nitrogens is 1. The van der Waals surface area contributed by atoms with Crippen LogP contribution in [0.5, 0.6) is 5.75 Å². The number of nitrogens with zero attached hydrogens (tertiary/aromatic N) is 1. The topological polar surface area (TPSA) is 61.3 Å². The van der Waals surface area contributed by atoms with Gasteiger partial charge in [-0.15, -0.1) is 0 Å². The Kier molecular flexibility index (Phi) is 2.69. The Morgan fingerprint density at radius 2 is 2.33 bits per heavy atom. The van der Waals surface area contributed by atoms with Crippen LogP contribution >= 0.6 is 0 Å². The molecule has 0 bridgehead atoms. The molecule has 4 nitrogen and oxygen atoms in total. The van der Waals surface area contributed by atoms with E-state index in [9.17, 15) is 0 Å². The predicted octanol–water partition coefficient (Wildman–Crippen LogP) is 1.73. The zero-order valence-corrected chi connectivity index (χ0v) is 8.38. The van der Waals surface area contributed by atoms with Crippen molar-refractivity contribution in [3.8, 4) is 5.75 Å². The lowest BCUT2D eigenvalue weighted by atomic mass is 10.1. The molecule has 1 heterocycles. The molecule has 1 atom stereocenters. The van der Waals surface area contributed by atoms with Crippen molar-refractivity contribution in [3.63, 3.8) is 0 Å². The van der Waals surface area contributed by atoms with E-state index in [4.69, 9.17) is 14.9 Å². The van der Waals surface area contributed by atoms with E-state index in [0.29, 0.717) is 5.69 Å². The van der Waals surface area contributed by atoms with Crippen LogP contribution in [-0.4, -0.2) is 12.1 Å². The fraction of sp³-hybridized carbons (Fsp3) is 0.182. The lowest BCUT2D eigenvalue weighted by Crippen LogP contribution is -2.12. The van der Waals surface area contributed by atoms with Gasteiger partial charge in [0.05, 0.1) is 13.2 Å². The molecule has 1 aromatic carbocycles. The normalized spacial score (nSPS) is 12.4. The van der Waals surface area contributed by atoms with E-state index in [1.807, 2.05) is 24.3 Å². The average Bonchev–Trinajstić information content (AvgIpc) is 2.81. The Morgan fingerprint density at radius 1 is 1.47 bits per heavy atom. The van der Waals surface area contributed by atoms with Crippen LogP contribution in [0.1, 0.15) is 17.3 Å². The highest BCUT2D eigenvalue weighted by Gasteiger charge is 2.11. The maximum atomic E-state index is 6.01. The Labute approximate surface area is 87.7 Å². The number of hydrogen-bond acceptors (Lipinski definition) is 4. The van der Waals surface area contributed by atoms with Gasteiger partial charge in [-0.3, -0.25) is 0 Å². The summed E-state index contributed by atoms with van der Waals surface area (Å²) in [4.78, 5) is 4.02. The zero-order valence-electron chi connectivity index (χ0n) is 8.38.